The minimum absolute atomic E-state index is 0.104. The monoisotopic (exact) mass is 255 g/mol. The maximum Gasteiger partial charge on any atom is 0.330 e. The number of aliphatic hydroxyl groups excluding tert-OH is 2. The fourth-order valence-electron chi connectivity index (χ4n) is 1.86. The van der Waals surface area contributed by atoms with Crippen LogP contribution in [-0.2, 0) is 4.74 Å². The molecular weight excluding hydrogens is 242 g/mol. The van der Waals surface area contributed by atoms with Crippen LogP contribution in [0.15, 0.2) is 26.8 Å². The second-order valence-electron chi connectivity index (χ2n) is 3.97. The standard InChI is InChI=1S/C10H13N3O5/c1-11-4-5-7(15)8(16)9(18-5)13-3-2-6(14)12-10(13)17/h2-3,5,7-9,15-16H,1,4H2,(H,12,14,17)/t5-,7?,8?,9-/m1/s1. The van der Waals surface area contributed by atoms with E-state index in [9.17, 15) is 19.8 Å². The van der Waals surface area contributed by atoms with Crippen molar-refractivity contribution < 1.29 is 14.9 Å². The van der Waals surface area contributed by atoms with Crippen LogP contribution in [0.2, 0.25) is 0 Å². The molecule has 8 nitrogen and oxygen atoms in total. The summed E-state index contributed by atoms with van der Waals surface area (Å²) < 4.78 is 6.35. The number of ether oxygens (including phenoxy) is 1. The van der Waals surface area contributed by atoms with Crippen LogP contribution in [0.5, 0.6) is 0 Å². The predicted molar refractivity (Wildman–Crippen MR) is 61.7 cm³/mol. The Labute approximate surface area is 101 Å². The highest BCUT2D eigenvalue weighted by Gasteiger charge is 2.43. The molecule has 1 aliphatic rings. The van der Waals surface area contributed by atoms with E-state index in [1.54, 1.807) is 0 Å². The minimum Gasteiger partial charge on any atom is -0.387 e. The van der Waals surface area contributed by atoms with Gasteiger partial charge >= 0.3 is 5.69 Å². The first-order valence-electron chi connectivity index (χ1n) is 5.30. The molecule has 18 heavy (non-hydrogen) atoms. The molecular formula is C10H13N3O5. The molecule has 8 heteroatoms. The third kappa shape index (κ3) is 2.13. The Morgan fingerprint density at radius 3 is 2.78 bits per heavy atom. The fourth-order valence-corrected chi connectivity index (χ4v) is 1.86. The Morgan fingerprint density at radius 1 is 1.44 bits per heavy atom. The molecule has 0 spiro atoms. The quantitative estimate of drug-likeness (QED) is 0.533. The number of aromatic amines is 1. The van der Waals surface area contributed by atoms with Gasteiger partial charge < -0.3 is 14.9 Å². The molecule has 98 valence electrons. The Kier molecular flexibility index (Phi) is 3.41. The highest BCUT2D eigenvalue weighted by molar-refractivity contribution is 5.23. The predicted octanol–water partition coefficient (Wildman–Crippen LogP) is -2.14. The van der Waals surface area contributed by atoms with Crippen molar-refractivity contribution in [3.63, 3.8) is 0 Å². The van der Waals surface area contributed by atoms with E-state index in [2.05, 4.69) is 11.7 Å². The molecule has 0 bridgehead atoms. The summed E-state index contributed by atoms with van der Waals surface area (Å²) in [6.07, 6.45) is -3.04. The summed E-state index contributed by atoms with van der Waals surface area (Å²) in [7, 11) is 0. The van der Waals surface area contributed by atoms with Crippen molar-refractivity contribution >= 4 is 6.72 Å². The van der Waals surface area contributed by atoms with Crippen LogP contribution in [0.1, 0.15) is 6.23 Å². The highest BCUT2D eigenvalue weighted by Crippen LogP contribution is 2.28. The summed E-state index contributed by atoms with van der Waals surface area (Å²) in [6, 6.07) is 1.13. The van der Waals surface area contributed by atoms with Crippen molar-refractivity contribution in [3.05, 3.63) is 33.1 Å². The third-order valence-electron chi connectivity index (χ3n) is 2.77. The highest BCUT2D eigenvalue weighted by atomic mass is 16.6. The molecule has 0 aromatic carbocycles. The number of H-pyrrole nitrogens is 1. The molecule has 0 saturated carbocycles. The Balaban J connectivity index is 2.31. The van der Waals surface area contributed by atoms with Crippen molar-refractivity contribution in [2.45, 2.75) is 24.5 Å². The molecule has 3 N–H and O–H groups in total. The molecule has 1 aromatic heterocycles. The minimum atomic E-state index is -1.28. The van der Waals surface area contributed by atoms with Gasteiger partial charge in [-0.3, -0.25) is 19.3 Å². The number of aliphatic hydroxyl groups is 2. The van der Waals surface area contributed by atoms with E-state index in [1.807, 2.05) is 4.98 Å². The molecule has 1 aliphatic heterocycles. The van der Waals surface area contributed by atoms with Crippen molar-refractivity contribution in [2.75, 3.05) is 6.54 Å². The lowest BCUT2D eigenvalue weighted by atomic mass is 10.1. The van der Waals surface area contributed by atoms with Crippen molar-refractivity contribution in [3.8, 4) is 0 Å². The first-order chi connectivity index (χ1) is 8.54. The van der Waals surface area contributed by atoms with Gasteiger partial charge in [0.15, 0.2) is 6.23 Å². The second-order valence-corrected chi connectivity index (χ2v) is 3.97. The van der Waals surface area contributed by atoms with Crippen molar-refractivity contribution in [2.24, 2.45) is 4.99 Å². The van der Waals surface area contributed by atoms with Crippen LogP contribution in [0.25, 0.3) is 0 Å². The number of aliphatic imine (C=N–C) groups is 1. The van der Waals surface area contributed by atoms with E-state index in [4.69, 9.17) is 4.74 Å². The lowest BCUT2D eigenvalue weighted by Gasteiger charge is -2.16. The zero-order valence-corrected chi connectivity index (χ0v) is 9.39. The van der Waals surface area contributed by atoms with Gasteiger partial charge in [-0.2, -0.15) is 0 Å². The fraction of sp³-hybridized carbons (Fsp3) is 0.500. The smallest absolute Gasteiger partial charge is 0.330 e. The summed E-state index contributed by atoms with van der Waals surface area (Å²) in [5.74, 6) is 0. The number of nitrogens with one attached hydrogen (secondary N) is 1. The Bertz CT molecular complexity index is 551. The molecule has 2 unspecified atom stereocenters. The summed E-state index contributed by atoms with van der Waals surface area (Å²) >= 11 is 0. The SMILES string of the molecule is C=NC[C@H]1O[C@@H](n2ccc(=O)[nH]c2=O)C(O)C1O. The number of hydrogen-bond acceptors (Lipinski definition) is 6. The van der Waals surface area contributed by atoms with Gasteiger partial charge in [-0.05, 0) is 6.72 Å². The van der Waals surface area contributed by atoms with E-state index in [-0.39, 0.29) is 6.54 Å². The maximum atomic E-state index is 11.5. The molecule has 0 amide bonds. The molecule has 4 atom stereocenters. The zero-order chi connectivity index (χ0) is 13.3. The first kappa shape index (κ1) is 12.7. The van der Waals surface area contributed by atoms with Gasteiger partial charge in [-0.25, -0.2) is 4.79 Å². The molecule has 1 aromatic rings. The van der Waals surface area contributed by atoms with E-state index in [1.165, 1.54) is 6.20 Å². The number of rotatable bonds is 3. The van der Waals surface area contributed by atoms with Crippen LogP contribution < -0.4 is 11.2 Å². The van der Waals surface area contributed by atoms with Crippen molar-refractivity contribution in [1.82, 2.24) is 9.55 Å². The van der Waals surface area contributed by atoms with E-state index >= 15 is 0 Å². The van der Waals surface area contributed by atoms with Crippen molar-refractivity contribution in [1.29, 1.82) is 0 Å². The van der Waals surface area contributed by atoms with Crippen LogP contribution in [-0.4, -0.2) is 51.3 Å². The van der Waals surface area contributed by atoms with Crippen LogP contribution in [0, 0.1) is 0 Å². The van der Waals surface area contributed by atoms with Gasteiger partial charge in [0.05, 0.1) is 6.54 Å². The lowest BCUT2D eigenvalue weighted by molar-refractivity contribution is -0.0371. The summed E-state index contributed by atoms with van der Waals surface area (Å²) in [4.78, 5) is 28.1. The van der Waals surface area contributed by atoms with E-state index in [0.29, 0.717) is 0 Å². The molecule has 0 aliphatic carbocycles. The summed E-state index contributed by atoms with van der Waals surface area (Å²) in [5.41, 5.74) is -1.26. The average molecular weight is 255 g/mol. The Hall–Kier alpha value is -1.77. The molecule has 2 heterocycles. The lowest BCUT2D eigenvalue weighted by Crippen LogP contribution is -2.37. The van der Waals surface area contributed by atoms with Gasteiger partial charge in [0, 0.05) is 12.3 Å². The number of hydrogen-bond donors (Lipinski definition) is 3. The maximum absolute atomic E-state index is 11.5. The van der Waals surface area contributed by atoms with E-state index < -0.39 is 35.8 Å². The topological polar surface area (TPSA) is 117 Å². The molecule has 2 rings (SSSR count). The third-order valence-corrected chi connectivity index (χ3v) is 2.77. The number of aromatic nitrogens is 2. The number of nitrogens with zero attached hydrogens (tertiary/aromatic N) is 2. The average Bonchev–Trinajstić information content (AvgIpc) is 2.58. The zero-order valence-electron chi connectivity index (χ0n) is 9.39. The summed E-state index contributed by atoms with van der Waals surface area (Å²) in [6.45, 7) is 3.38. The van der Waals surface area contributed by atoms with Gasteiger partial charge in [-0.1, -0.05) is 0 Å². The van der Waals surface area contributed by atoms with Crippen LogP contribution >= 0.6 is 0 Å². The normalized spacial score (nSPS) is 31.4. The van der Waals surface area contributed by atoms with Crippen LogP contribution in [0.4, 0.5) is 0 Å². The van der Waals surface area contributed by atoms with Crippen LogP contribution in [0.3, 0.4) is 0 Å². The molecule has 1 saturated heterocycles. The van der Waals surface area contributed by atoms with E-state index in [0.717, 1.165) is 10.6 Å². The van der Waals surface area contributed by atoms with Gasteiger partial charge in [0.2, 0.25) is 0 Å². The largest absolute Gasteiger partial charge is 0.387 e. The molecule has 0 radical (unpaired) electrons. The summed E-state index contributed by atoms with van der Waals surface area (Å²) in [5, 5.41) is 19.5. The first-order valence-corrected chi connectivity index (χ1v) is 5.30. The van der Waals surface area contributed by atoms with Gasteiger partial charge in [0.1, 0.15) is 18.3 Å². The Morgan fingerprint density at radius 2 is 2.17 bits per heavy atom. The van der Waals surface area contributed by atoms with Gasteiger partial charge in [-0.15, -0.1) is 0 Å². The molecule has 1 fully saturated rings. The van der Waals surface area contributed by atoms with Gasteiger partial charge in [0.25, 0.3) is 5.56 Å². The second kappa shape index (κ2) is 4.84.